The maximum Gasteiger partial charge on any atom is 0.278 e. The number of rotatable bonds is 9. The molecule has 0 bridgehead atoms. The second kappa shape index (κ2) is 10.0. The number of carbonyl (C=O) groups excluding carboxylic acids is 2. The molecule has 2 rings (SSSR count). The van der Waals surface area contributed by atoms with Crippen LogP contribution >= 0.6 is 0 Å². The minimum Gasteiger partial charge on any atom is -0.326 e. The molecule has 5 nitrogen and oxygen atoms in total. The van der Waals surface area contributed by atoms with Crippen LogP contribution < -0.4 is 5.32 Å². The molecule has 27 heavy (non-hydrogen) atoms. The number of amides is 1. The summed E-state index contributed by atoms with van der Waals surface area (Å²) in [5, 5.41) is 7.33. The lowest BCUT2D eigenvalue weighted by Gasteiger charge is -2.07. The average Bonchev–Trinajstić information content (AvgIpc) is 2.94. The van der Waals surface area contributed by atoms with Crippen molar-refractivity contribution in [2.24, 2.45) is 0 Å². The summed E-state index contributed by atoms with van der Waals surface area (Å²) in [7, 11) is 0. The fraction of sp³-hybridized carbons (Fsp3) is 0.500. The van der Waals surface area contributed by atoms with Gasteiger partial charge in [-0.3, -0.25) is 9.59 Å². The fourth-order valence-electron chi connectivity index (χ4n) is 3.17. The lowest BCUT2D eigenvalue weighted by atomic mass is 10.1. The first kappa shape index (κ1) is 20.9. The highest BCUT2D eigenvalue weighted by molar-refractivity contribution is 5.97. The number of nitrogens with zero attached hydrogens (tertiary/aromatic N) is 2. The fourth-order valence-corrected chi connectivity index (χ4v) is 3.17. The van der Waals surface area contributed by atoms with Gasteiger partial charge in [0.1, 0.15) is 0 Å². The molecule has 0 radical (unpaired) electrons. The molecule has 0 aliphatic carbocycles. The Kier molecular flexibility index (Phi) is 7.77. The van der Waals surface area contributed by atoms with Crippen LogP contribution in [0, 0.1) is 13.8 Å². The summed E-state index contributed by atoms with van der Waals surface area (Å²) >= 11 is 0. The first-order valence-corrected chi connectivity index (χ1v) is 9.97. The Labute approximate surface area is 162 Å². The Balaban J connectivity index is 2.09. The molecule has 1 heterocycles. The van der Waals surface area contributed by atoms with Crippen LogP contribution in [-0.2, 0) is 11.2 Å². The van der Waals surface area contributed by atoms with Crippen molar-refractivity contribution < 1.29 is 9.59 Å². The molecule has 0 fully saturated rings. The smallest absolute Gasteiger partial charge is 0.278 e. The minimum atomic E-state index is -0.138. The van der Waals surface area contributed by atoms with E-state index in [-0.39, 0.29) is 11.8 Å². The Hall–Kier alpha value is -2.43. The second-order valence-electron chi connectivity index (χ2n) is 7.05. The molecule has 0 saturated heterocycles. The van der Waals surface area contributed by atoms with E-state index < -0.39 is 0 Å². The van der Waals surface area contributed by atoms with Gasteiger partial charge in [-0.15, -0.1) is 0 Å². The van der Waals surface area contributed by atoms with Crippen LogP contribution in [0.2, 0.25) is 0 Å². The van der Waals surface area contributed by atoms with Gasteiger partial charge in [-0.05, 0) is 62.9 Å². The van der Waals surface area contributed by atoms with Crippen LogP contribution in [0.1, 0.15) is 79.7 Å². The number of benzene rings is 1. The largest absolute Gasteiger partial charge is 0.326 e. The van der Waals surface area contributed by atoms with Crippen LogP contribution in [0.15, 0.2) is 24.3 Å². The van der Waals surface area contributed by atoms with Gasteiger partial charge in [0.2, 0.25) is 5.91 Å². The van der Waals surface area contributed by atoms with Crippen molar-refractivity contribution in [3.63, 3.8) is 0 Å². The van der Waals surface area contributed by atoms with Crippen molar-refractivity contribution in [2.75, 3.05) is 5.32 Å². The predicted octanol–water partition coefficient (Wildman–Crippen LogP) is 5.05. The number of anilines is 1. The Bertz CT molecular complexity index is 776. The first-order chi connectivity index (χ1) is 13.0. The Morgan fingerprint density at radius 3 is 2.30 bits per heavy atom. The molecule has 5 heteroatoms. The van der Waals surface area contributed by atoms with E-state index in [1.165, 1.54) is 23.1 Å². The maximum atomic E-state index is 12.9. The van der Waals surface area contributed by atoms with Gasteiger partial charge in [-0.25, -0.2) is 4.68 Å². The molecule has 0 unspecified atom stereocenters. The monoisotopic (exact) mass is 369 g/mol. The summed E-state index contributed by atoms with van der Waals surface area (Å²) < 4.78 is 1.51. The number of hydrogen-bond donors (Lipinski definition) is 1. The van der Waals surface area contributed by atoms with Crippen molar-refractivity contribution in [1.82, 2.24) is 9.78 Å². The van der Waals surface area contributed by atoms with E-state index in [1.807, 2.05) is 13.8 Å². The quantitative estimate of drug-likeness (QED) is 0.629. The Morgan fingerprint density at radius 2 is 1.67 bits per heavy atom. The molecule has 1 N–H and O–H groups in total. The summed E-state index contributed by atoms with van der Waals surface area (Å²) in [6, 6.07) is 7.02. The van der Waals surface area contributed by atoms with E-state index in [4.69, 9.17) is 0 Å². The third kappa shape index (κ3) is 5.52. The zero-order valence-corrected chi connectivity index (χ0v) is 17.0. The van der Waals surface area contributed by atoms with Gasteiger partial charge >= 0.3 is 0 Å². The highest BCUT2D eigenvalue weighted by atomic mass is 16.2. The van der Waals surface area contributed by atoms with Crippen LogP contribution in [0.4, 0.5) is 5.69 Å². The highest BCUT2D eigenvalue weighted by Crippen LogP contribution is 2.19. The summed E-state index contributed by atoms with van der Waals surface area (Å²) in [4.78, 5) is 24.7. The first-order valence-electron chi connectivity index (χ1n) is 9.97. The molecule has 0 aliphatic heterocycles. The Morgan fingerprint density at radius 1 is 1.00 bits per heavy atom. The van der Waals surface area contributed by atoms with Crippen molar-refractivity contribution in [3.8, 4) is 0 Å². The SMILES string of the molecule is CCCCCc1c(C)nn(C(=O)c2ccc(NC(=O)CCCC)cc2)c1C. The summed E-state index contributed by atoms with van der Waals surface area (Å²) in [6.45, 7) is 8.17. The van der Waals surface area contributed by atoms with Crippen LogP contribution in [0.5, 0.6) is 0 Å². The molecule has 1 aromatic heterocycles. The molecule has 1 amide bonds. The predicted molar refractivity (Wildman–Crippen MR) is 109 cm³/mol. The molecule has 0 aliphatic rings. The third-order valence-electron chi connectivity index (χ3n) is 4.84. The zero-order chi connectivity index (χ0) is 19.8. The lowest BCUT2D eigenvalue weighted by Crippen LogP contribution is -2.16. The molecular formula is C22H31N3O2. The van der Waals surface area contributed by atoms with Gasteiger partial charge in [0.05, 0.1) is 5.69 Å². The molecule has 2 aromatic rings. The molecule has 146 valence electrons. The van der Waals surface area contributed by atoms with Crippen LogP contribution in [-0.4, -0.2) is 21.6 Å². The normalized spacial score (nSPS) is 10.8. The number of aromatic nitrogens is 2. The number of nitrogens with one attached hydrogen (secondary N) is 1. The average molecular weight is 370 g/mol. The van der Waals surface area contributed by atoms with Gasteiger partial charge in [0.25, 0.3) is 5.91 Å². The van der Waals surface area contributed by atoms with Gasteiger partial charge < -0.3 is 5.32 Å². The van der Waals surface area contributed by atoms with Gasteiger partial charge in [-0.1, -0.05) is 33.1 Å². The summed E-state index contributed by atoms with van der Waals surface area (Å²) in [6.07, 6.45) is 6.82. The molecule has 0 saturated carbocycles. The van der Waals surface area contributed by atoms with Gasteiger partial charge in [-0.2, -0.15) is 5.10 Å². The van der Waals surface area contributed by atoms with E-state index in [0.29, 0.717) is 17.7 Å². The summed E-state index contributed by atoms with van der Waals surface area (Å²) in [5.74, 6) is -0.132. The van der Waals surface area contributed by atoms with E-state index >= 15 is 0 Å². The topological polar surface area (TPSA) is 64.0 Å². The molecule has 0 spiro atoms. The van der Waals surface area contributed by atoms with E-state index in [9.17, 15) is 9.59 Å². The van der Waals surface area contributed by atoms with E-state index in [2.05, 4.69) is 24.3 Å². The van der Waals surface area contributed by atoms with Crippen molar-refractivity contribution in [1.29, 1.82) is 0 Å². The van der Waals surface area contributed by atoms with Crippen molar-refractivity contribution in [2.45, 2.75) is 72.6 Å². The van der Waals surface area contributed by atoms with Crippen molar-refractivity contribution in [3.05, 3.63) is 46.8 Å². The molecule has 1 aromatic carbocycles. The lowest BCUT2D eigenvalue weighted by molar-refractivity contribution is -0.116. The summed E-state index contributed by atoms with van der Waals surface area (Å²) in [5.41, 5.74) is 4.30. The number of aryl methyl sites for hydroxylation is 1. The van der Waals surface area contributed by atoms with Gasteiger partial charge in [0, 0.05) is 23.4 Å². The highest BCUT2D eigenvalue weighted by Gasteiger charge is 2.17. The van der Waals surface area contributed by atoms with E-state index in [1.54, 1.807) is 24.3 Å². The molecule has 0 atom stereocenters. The third-order valence-corrected chi connectivity index (χ3v) is 4.84. The minimum absolute atomic E-state index is 0.00573. The van der Waals surface area contributed by atoms with Crippen molar-refractivity contribution >= 4 is 17.5 Å². The number of hydrogen-bond acceptors (Lipinski definition) is 3. The second-order valence-corrected chi connectivity index (χ2v) is 7.05. The molecular weight excluding hydrogens is 338 g/mol. The number of unbranched alkanes of at least 4 members (excludes halogenated alkanes) is 3. The van der Waals surface area contributed by atoms with Crippen LogP contribution in [0.3, 0.4) is 0 Å². The maximum absolute atomic E-state index is 12.9. The van der Waals surface area contributed by atoms with Crippen LogP contribution in [0.25, 0.3) is 0 Å². The zero-order valence-electron chi connectivity index (χ0n) is 17.0. The standard InChI is InChI=1S/C22H31N3O2/c1-5-7-9-10-20-16(3)24-25(17(20)4)22(27)18-12-14-19(15-13-18)23-21(26)11-8-6-2/h12-15H,5-11H2,1-4H3,(H,23,26). The van der Waals surface area contributed by atoms with E-state index in [0.717, 1.165) is 37.1 Å². The number of carbonyl (C=O) groups is 2. The van der Waals surface area contributed by atoms with Gasteiger partial charge in [0.15, 0.2) is 0 Å².